The van der Waals surface area contributed by atoms with Gasteiger partial charge in [-0.2, -0.15) is 0 Å². The highest BCUT2D eigenvalue weighted by Gasteiger charge is 2.33. The Morgan fingerprint density at radius 3 is 1.25 bits per heavy atom. The van der Waals surface area contributed by atoms with Gasteiger partial charge in [0.15, 0.2) is 0 Å². The highest BCUT2D eigenvalue weighted by atomic mass is 127. The van der Waals surface area contributed by atoms with Gasteiger partial charge in [0.05, 0.1) is 13.2 Å². The fraction of sp³-hybridized carbons (Fsp3) is 0.750. The molecule has 0 heterocycles. The standard InChI is InChI=1S/C8H8Cl6I2O4/c9-7(10,11)5(17)19-1-3(15)4(16)2-20-6(18)8(12,13)14/h5-6,17-18H,1-2H2/b4-3+. The number of aliphatic hydroxyl groups excluding tert-OH is 2. The van der Waals surface area contributed by atoms with Crippen LogP contribution >= 0.6 is 115 Å². The Kier molecular flexibility index (Phi) is 11.3. The third-order valence-corrected chi connectivity index (χ3v) is 5.67. The summed E-state index contributed by atoms with van der Waals surface area (Å²) in [5, 5.41) is 18.7. The third kappa shape index (κ3) is 9.82. The van der Waals surface area contributed by atoms with Gasteiger partial charge in [-0.05, 0) is 45.2 Å². The van der Waals surface area contributed by atoms with Crippen molar-refractivity contribution in [2.24, 2.45) is 0 Å². The van der Waals surface area contributed by atoms with Crippen LogP contribution in [-0.2, 0) is 9.47 Å². The first-order valence-electron chi connectivity index (χ1n) is 4.61. The lowest BCUT2D eigenvalue weighted by Crippen LogP contribution is -2.29. The molecule has 0 spiro atoms. The van der Waals surface area contributed by atoms with Gasteiger partial charge in [-0.1, -0.05) is 69.6 Å². The van der Waals surface area contributed by atoms with Gasteiger partial charge in [0.2, 0.25) is 20.2 Å². The molecule has 0 amide bonds. The van der Waals surface area contributed by atoms with Crippen LogP contribution in [0.3, 0.4) is 0 Å². The van der Waals surface area contributed by atoms with Crippen molar-refractivity contribution in [3.8, 4) is 0 Å². The molecule has 2 atom stereocenters. The van der Waals surface area contributed by atoms with Crippen LogP contribution in [0.15, 0.2) is 7.16 Å². The molecule has 0 aromatic heterocycles. The molecule has 0 saturated carbocycles. The van der Waals surface area contributed by atoms with Crippen molar-refractivity contribution >= 4 is 115 Å². The van der Waals surface area contributed by atoms with Crippen molar-refractivity contribution in [3.05, 3.63) is 7.16 Å². The predicted molar refractivity (Wildman–Crippen MR) is 99.6 cm³/mol. The van der Waals surface area contributed by atoms with Gasteiger partial charge in [-0.3, -0.25) is 0 Å². The number of aliphatic hydroxyl groups is 2. The van der Waals surface area contributed by atoms with E-state index in [1.807, 2.05) is 45.2 Å². The van der Waals surface area contributed by atoms with Crippen molar-refractivity contribution in [1.29, 1.82) is 0 Å². The summed E-state index contributed by atoms with van der Waals surface area (Å²) in [6.07, 6.45) is -3.15. The zero-order valence-corrected chi connectivity index (χ0v) is 18.2. The molecule has 2 unspecified atom stereocenters. The Balaban J connectivity index is 4.33. The number of alkyl halides is 6. The first-order chi connectivity index (χ1) is 8.85. The molecule has 0 rings (SSSR count). The largest absolute Gasteiger partial charge is 0.365 e. The van der Waals surface area contributed by atoms with E-state index in [1.54, 1.807) is 0 Å². The summed E-state index contributed by atoms with van der Waals surface area (Å²) in [7, 11) is 0. The minimum absolute atomic E-state index is 0.0128. The Bertz CT molecular complexity index is 311. The molecule has 0 aliphatic heterocycles. The lowest BCUT2D eigenvalue weighted by Gasteiger charge is -2.20. The molecule has 0 fully saturated rings. The van der Waals surface area contributed by atoms with Crippen molar-refractivity contribution < 1.29 is 19.7 Å². The van der Waals surface area contributed by atoms with E-state index in [0.717, 1.165) is 0 Å². The Morgan fingerprint density at radius 2 is 1.05 bits per heavy atom. The summed E-state index contributed by atoms with van der Waals surface area (Å²) < 4.78 is 7.35. The van der Waals surface area contributed by atoms with Crippen LogP contribution < -0.4 is 0 Å². The Labute approximate surface area is 173 Å². The number of halogens is 8. The van der Waals surface area contributed by atoms with Crippen LogP contribution in [0, 0.1) is 0 Å². The molecular formula is C8H8Cl6I2O4. The van der Waals surface area contributed by atoms with Crippen molar-refractivity contribution in [3.63, 3.8) is 0 Å². The maximum absolute atomic E-state index is 9.37. The van der Waals surface area contributed by atoms with Gasteiger partial charge in [0.1, 0.15) is 0 Å². The van der Waals surface area contributed by atoms with Gasteiger partial charge in [-0.25, -0.2) is 0 Å². The molecule has 0 aliphatic carbocycles. The highest BCUT2D eigenvalue weighted by molar-refractivity contribution is 14.1. The molecule has 12 heteroatoms. The summed E-state index contributed by atoms with van der Waals surface area (Å²) >= 11 is 36.5. The molecule has 0 aromatic rings. The minimum Gasteiger partial charge on any atom is -0.365 e. The fourth-order valence-corrected chi connectivity index (χ4v) is 1.70. The third-order valence-electron chi connectivity index (χ3n) is 1.59. The average molecular weight is 635 g/mol. The number of hydrogen-bond acceptors (Lipinski definition) is 4. The lowest BCUT2D eigenvalue weighted by atomic mass is 10.5. The predicted octanol–water partition coefficient (Wildman–Crippen LogP) is 4.48. The molecule has 20 heavy (non-hydrogen) atoms. The monoisotopic (exact) mass is 632 g/mol. The molecule has 120 valence electrons. The second kappa shape index (κ2) is 9.93. The fourth-order valence-electron chi connectivity index (χ4n) is 0.650. The molecule has 0 radical (unpaired) electrons. The normalized spacial score (nSPS) is 17.7. The van der Waals surface area contributed by atoms with E-state index in [1.165, 1.54) is 0 Å². The summed E-state index contributed by atoms with van der Waals surface area (Å²) in [6.45, 7) is -0.0255. The first kappa shape index (κ1) is 22.8. The molecule has 0 saturated heterocycles. The summed E-state index contributed by atoms with van der Waals surface area (Å²) in [5.41, 5.74) is 0. The second-order valence-corrected chi connectivity index (χ2v) is 10.6. The Morgan fingerprint density at radius 1 is 0.800 bits per heavy atom. The number of ether oxygens (including phenoxy) is 2. The van der Waals surface area contributed by atoms with Gasteiger partial charge in [-0.15, -0.1) is 0 Å². The van der Waals surface area contributed by atoms with Crippen molar-refractivity contribution in [2.45, 2.75) is 20.2 Å². The second-order valence-electron chi connectivity index (χ2n) is 3.22. The van der Waals surface area contributed by atoms with E-state index in [2.05, 4.69) is 0 Å². The first-order valence-corrected chi connectivity index (χ1v) is 9.04. The van der Waals surface area contributed by atoms with Crippen LogP contribution in [0.25, 0.3) is 0 Å². The lowest BCUT2D eigenvalue weighted by molar-refractivity contribution is -0.0889. The maximum atomic E-state index is 9.37. The van der Waals surface area contributed by atoms with E-state index in [-0.39, 0.29) is 13.2 Å². The van der Waals surface area contributed by atoms with Crippen LogP contribution in [-0.4, -0.2) is 43.6 Å². The van der Waals surface area contributed by atoms with E-state index < -0.39 is 20.2 Å². The molecule has 4 nitrogen and oxygen atoms in total. The van der Waals surface area contributed by atoms with E-state index >= 15 is 0 Å². The smallest absolute Gasteiger partial charge is 0.240 e. The molecule has 2 N–H and O–H groups in total. The van der Waals surface area contributed by atoms with Gasteiger partial charge in [0, 0.05) is 7.16 Å². The maximum Gasteiger partial charge on any atom is 0.240 e. The SMILES string of the molecule is OC(OC/C(I)=C(\I)COC(O)C(Cl)(Cl)Cl)C(Cl)(Cl)Cl. The topological polar surface area (TPSA) is 58.9 Å². The van der Waals surface area contributed by atoms with Gasteiger partial charge < -0.3 is 19.7 Å². The minimum atomic E-state index is -1.94. The van der Waals surface area contributed by atoms with Crippen molar-refractivity contribution in [2.75, 3.05) is 13.2 Å². The van der Waals surface area contributed by atoms with E-state index in [9.17, 15) is 10.2 Å². The van der Waals surface area contributed by atoms with E-state index in [4.69, 9.17) is 79.1 Å². The summed E-state index contributed by atoms with van der Waals surface area (Å²) in [6, 6.07) is 0. The molecular weight excluding hydrogens is 627 g/mol. The molecule has 0 aromatic carbocycles. The van der Waals surface area contributed by atoms with Crippen LogP contribution in [0.2, 0.25) is 0 Å². The number of hydrogen-bond donors (Lipinski definition) is 2. The zero-order chi connectivity index (χ0) is 16.1. The van der Waals surface area contributed by atoms with Crippen molar-refractivity contribution in [1.82, 2.24) is 0 Å². The van der Waals surface area contributed by atoms with Crippen LogP contribution in [0.1, 0.15) is 0 Å². The zero-order valence-electron chi connectivity index (χ0n) is 9.30. The average Bonchev–Trinajstić information content (AvgIpc) is 2.29. The van der Waals surface area contributed by atoms with Gasteiger partial charge >= 0.3 is 0 Å². The van der Waals surface area contributed by atoms with Gasteiger partial charge in [0.25, 0.3) is 0 Å². The van der Waals surface area contributed by atoms with Crippen LogP contribution in [0.4, 0.5) is 0 Å². The Hall–Kier alpha value is 2.78. The molecule has 0 bridgehead atoms. The highest BCUT2D eigenvalue weighted by Crippen LogP contribution is 2.33. The number of rotatable bonds is 6. The summed E-state index contributed by atoms with van der Waals surface area (Å²) in [4.78, 5) is 0. The summed E-state index contributed by atoms with van der Waals surface area (Å²) in [5.74, 6) is 0. The van der Waals surface area contributed by atoms with E-state index in [0.29, 0.717) is 7.16 Å². The quantitative estimate of drug-likeness (QED) is 0.257. The molecule has 0 aliphatic rings. The van der Waals surface area contributed by atoms with Crippen LogP contribution in [0.5, 0.6) is 0 Å².